The number of hydrogen-bond acceptors (Lipinski definition) is 4. The number of halogens is 2. The number of rotatable bonds is 4. The first kappa shape index (κ1) is 22.3. The molecule has 4 rings (SSSR count). The largest absolute Gasteiger partial charge is 0.478 e. The maximum absolute atomic E-state index is 11.2. The van der Waals surface area contributed by atoms with Crippen molar-refractivity contribution in [1.29, 1.82) is 0 Å². The molecule has 160 valence electrons. The van der Waals surface area contributed by atoms with Crippen molar-refractivity contribution in [1.82, 2.24) is 4.90 Å². The molecule has 0 radical (unpaired) electrons. The lowest BCUT2D eigenvalue weighted by Crippen LogP contribution is -2.40. The van der Waals surface area contributed by atoms with E-state index >= 15 is 0 Å². The highest BCUT2D eigenvalue weighted by atomic mass is 35.5. The van der Waals surface area contributed by atoms with Gasteiger partial charge in [-0.15, -0.1) is 0 Å². The maximum atomic E-state index is 11.2. The molecule has 1 aromatic carbocycles. The zero-order valence-corrected chi connectivity index (χ0v) is 17.4. The molecule has 1 aromatic rings. The van der Waals surface area contributed by atoms with E-state index in [-0.39, 0.29) is 0 Å². The van der Waals surface area contributed by atoms with Crippen LogP contribution < -0.4 is 0 Å². The molecule has 0 aliphatic carbocycles. The Hall–Kier alpha value is -2.35. The van der Waals surface area contributed by atoms with Crippen LogP contribution in [-0.2, 0) is 14.4 Å². The molecule has 9 heteroatoms. The Balaban J connectivity index is 0.000000275. The van der Waals surface area contributed by atoms with E-state index < -0.39 is 17.9 Å². The van der Waals surface area contributed by atoms with E-state index in [1.165, 1.54) is 24.5 Å². The molecule has 30 heavy (non-hydrogen) atoms. The van der Waals surface area contributed by atoms with Crippen LogP contribution in [0.4, 0.5) is 0 Å². The van der Waals surface area contributed by atoms with Gasteiger partial charge in [0, 0.05) is 42.8 Å². The van der Waals surface area contributed by atoms with Gasteiger partial charge in [0.2, 0.25) is 0 Å². The van der Waals surface area contributed by atoms with Crippen LogP contribution in [0.2, 0.25) is 10.0 Å². The molecule has 0 spiro atoms. The highest BCUT2D eigenvalue weighted by Crippen LogP contribution is 2.54. The molecule has 0 saturated carbocycles. The lowest BCUT2D eigenvalue weighted by atomic mass is 9.76. The molecular formula is C21H21Cl2NO6. The third kappa shape index (κ3) is 4.86. The Morgan fingerprint density at radius 1 is 0.967 bits per heavy atom. The summed E-state index contributed by atoms with van der Waals surface area (Å²) >= 11 is 12.2. The smallest absolute Gasteiger partial charge is 0.328 e. The van der Waals surface area contributed by atoms with Gasteiger partial charge in [-0.25, -0.2) is 14.4 Å². The molecule has 3 fully saturated rings. The zero-order valence-electron chi connectivity index (χ0n) is 15.9. The zero-order chi connectivity index (χ0) is 22.0. The van der Waals surface area contributed by atoms with Crippen molar-refractivity contribution >= 4 is 41.1 Å². The third-order valence-electron chi connectivity index (χ3n) is 5.91. The Morgan fingerprint density at radius 2 is 1.63 bits per heavy atom. The fourth-order valence-electron chi connectivity index (χ4n) is 4.91. The van der Waals surface area contributed by atoms with Gasteiger partial charge in [0.1, 0.15) is 0 Å². The number of carboxylic acid groups (broad SMARTS) is 3. The number of nitrogens with zero attached hydrogens (tertiary/aromatic N) is 1. The summed E-state index contributed by atoms with van der Waals surface area (Å²) in [6.45, 7) is 0.810. The lowest BCUT2D eigenvalue weighted by molar-refractivity contribution is -0.134. The van der Waals surface area contributed by atoms with Crippen LogP contribution in [0.25, 0.3) is 0 Å². The second kappa shape index (κ2) is 9.20. The van der Waals surface area contributed by atoms with Crippen molar-refractivity contribution in [2.24, 2.45) is 5.92 Å². The van der Waals surface area contributed by atoms with Crippen LogP contribution in [0.5, 0.6) is 0 Å². The molecule has 3 heterocycles. The van der Waals surface area contributed by atoms with Gasteiger partial charge in [0.05, 0.1) is 10.0 Å². The summed E-state index contributed by atoms with van der Waals surface area (Å²) in [5.41, 5.74) is 2.25. The fraction of sp³-hybridized carbons (Fsp3) is 0.381. The van der Waals surface area contributed by atoms with E-state index in [1.54, 1.807) is 0 Å². The minimum Gasteiger partial charge on any atom is -0.478 e. The summed E-state index contributed by atoms with van der Waals surface area (Å²) in [5.74, 6) is -2.71. The molecular weight excluding hydrogens is 433 g/mol. The number of carbonyl (C=O) groups is 3. The molecule has 0 aromatic heterocycles. The summed E-state index contributed by atoms with van der Waals surface area (Å²) in [5, 5.41) is 25.9. The molecule has 5 unspecified atom stereocenters. The molecule has 7 nitrogen and oxygen atoms in total. The van der Waals surface area contributed by atoms with E-state index in [0.717, 1.165) is 18.5 Å². The van der Waals surface area contributed by atoms with E-state index in [0.29, 0.717) is 46.1 Å². The molecule has 3 aliphatic heterocycles. The van der Waals surface area contributed by atoms with Crippen molar-refractivity contribution in [3.8, 4) is 0 Å². The molecule has 0 amide bonds. The first-order chi connectivity index (χ1) is 14.2. The standard InChI is InChI=1S/C17H17Cl2NO2.C4H4O4/c18-13-3-1-9(5-14(13)19)12-7-11-2-4-15-17(12)10(6-16(21)22)8-20(11)15;5-3(6)1-2-4(7)8/h1,3,5-6,11-12,15,17H,2,4,7-8H2,(H,21,22);1-2H,(H,5,6)(H,7,8). The van der Waals surface area contributed by atoms with Crippen LogP contribution in [-0.4, -0.2) is 56.8 Å². The van der Waals surface area contributed by atoms with Gasteiger partial charge in [0.15, 0.2) is 0 Å². The highest BCUT2D eigenvalue weighted by Gasteiger charge is 2.53. The summed E-state index contributed by atoms with van der Waals surface area (Å²) in [7, 11) is 0. The SMILES string of the molecule is O=C(O)C=C1CN2C3CCC2C1C(c1ccc(Cl)c(Cl)c1)C3.O=C(O)C=CC(=O)O. The topological polar surface area (TPSA) is 115 Å². The number of aliphatic carboxylic acids is 3. The predicted molar refractivity (Wildman–Crippen MR) is 111 cm³/mol. The summed E-state index contributed by atoms with van der Waals surface area (Å²) in [4.78, 5) is 32.8. The fourth-order valence-corrected chi connectivity index (χ4v) is 5.22. The first-order valence-corrected chi connectivity index (χ1v) is 10.2. The monoisotopic (exact) mass is 453 g/mol. The van der Waals surface area contributed by atoms with Gasteiger partial charge in [-0.05, 0) is 48.4 Å². The van der Waals surface area contributed by atoms with Crippen molar-refractivity contribution in [3.63, 3.8) is 0 Å². The Bertz CT molecular complexity index is 912. The number of carboxylic acids is 3. The number of benzene rings is 1. The van der Waals surface area contributed by atoms with E-state index in [1.807, 2.05) is 18.2 Å². The predicted octanol–water partition coefficient (Wildman–Crippen LogP) is 3.67. The van der Waals surface area contributed by atoms with Crippen LogP contribution >= 0.6 is 23.2 Å². The molecule has 4 bridgehead atoms. The second-order valence-electron chi connectivity index (χ2n) is 7.58. The molecule has 3 saturated heterocycles. The maximum Gasteiger partial charge on any atom is 0.328 e. The van der Waals surface area contributed by atoms with E-state index in [2.05, 4.69) is 4.90 Å². The van der Waals surface area contributed by atoms with E-state index in [9.17, 15) is 14.4 Å². The van der Waals surface area contributed by atoms with Gasteiger partial charge in [-0.1, -0.05) is 29.3 Å². The Morgan fingerprint density at radius 3 is 2.20 bits per heavy atom. The molecule has 3 N–H and O–H groups in total. The third-order valence-corrected chi connectivity index (χ3v) is 6.65. The molecule has 5 atom stereocenters. The van der Waals surface area contributed by atoms with Crippen molar-refractivity contribution in [2.45, 2.75) is 37.3 Å². The van der Waals surface area contributed by atoms with Gasteiger partial charge >= 0.3 is 17.9 Å². The minimum absolute atomic E-state index is 0.298. The van der Waals surface area contributed by atoms with Gasteiger partial charge in [0.25, 0.3) is 0 Å². The quantitative estimate of drug-likeness (QED) is 0.595. The van der Waals surface area contributed by atoms with Crippen LogP contribution in [0.15, 0.2) is 42.0 Å². The van der Waals surface area contributed by atoms with Crippen LogP contribution in [0, 0.1) is 5.92 Å². The second-order valence-corrected chi connectivity index (χ2v) is 8.39. The lowest BCUT2D eigenvalue weighted by Gasteiger charge is -2.37. The summed E-state index contributed by atoms with van der Waals surface area (Å²) < 4.78 is 0. The average Bonchev–Trinajstić information content (AvgIpc) is 3.07. The van der Waals surface area contributed by atoms with Crippen molar-refractivity contribution in [2.75, 3.05) is 6.54 Å². The van der Waals surface area contributed by atoms with Gasteiger partial charge < -0.3 is 15.3 Å². The number of hydrogen-bond donors (Lipinski definition) is 3. The van der Waals surface area contributed by atoms with Crippen molar-refractivity contribution < 1.29 is 29.7 Å². The molecule has 3 aliphatic rings. The number of piperidine rings is 1. The van der Waals surface area contributed by atoms with Crippen molar-refractivity contribution in [3.05, 3.63) is 57.6 Å². The summed E-state index contributed by atoms with van der Waals surface area (Å²) in [6.07, 6.45) is 6.01. The average molecular weight is 454 g/mol. The minimum atomic E-state index is -1.26. The first-order valence-electron chi connectivity index (χ1n) is 9.45. The Labute approximate surface area is 183 Å². The highest BCUT2D eigenvalue weighted by molar-refractivity contribution is 6.42. The Kier molecular flexibility index (Phi) is 6.85. The van der Waals surface area contributed by atoms with Crippen LogP contribution in [0.1, 0.15) is 30.7 Å². The van der Waals surface area contributed by atoms with Gasteiger partial charge in [-0.2, -0.15) is 0 Å². The summed E-state index contributed by atoms with van der Waals surface area (Å²) in [6, 6.07) is 6.91. The van der Waals surface area contributed by atoms with Gasteiger partial charge in [-0.3, -0.25) is 4.90 Å². The van der Waals surface area contributed by atoms with E-state index in [4.69, 9.17) is 38.5 Å². The van der Waals surface area contributed by atoms with Crippen LogP contribution in [0.3, 0.4) is 0 Å². The normalized spacial score (nSPS) is 30.2.